The maximum absolute atomic E-state index is 12.9. The van der Waals surface area contributed by atoms with Gasteiger partial charge in [0.15, 0.2) is 0 Å². The highest BCUT2D eigenvalue weighted by Gasteiger charge is 2.45. The van der Waals surface area contributed by atoms with Crippen molar-refractivity contribution in [2.45, 2.75) is 39.7 Å². The highest BCUT2D eigenvalue weighted by atomic mass is 16.2. The first-order valence-corrected chi connectivity index (χ1v) is 7.56. The van der Waals surface area contributed by atoms with Crippen LogP contribution in [0.4, 0.5) is 0 Å². The zero-order valence-electron chi connectivity index (χ0n) is 13.2. The lowest BCUT2D eigenvalue weighted by molar-refractivity contribution is 0.0686. The molecule has 1 heterocycles. The molecular weight excluding hydrogens is 260 g/mol. The molecular formula is C18H22N2O. The standard InChI is InChI=1S/C18H22N2O/c1-12-11-15(14-7-5-6-8-16(14)19-12)17(21)20(4)13(2)18(3)9-10-18/h5-8,11,13H,9-10H2,1-4H3. The maximum Gasteiger partial charge on any atom is 0.254 e. The van der Waals surface area contributed by atoms with Crippen molar-refractivity contribution < 1.29 is 4.79 Å². The number of amides is 1. The number of carbonyl (C=O) groups excluding carboxylic acids is 1. The number of aromatic nitrogens is 1. The van der Waals surface area contributed by atoms with E-state index in [0.717, 1.165) is 22.2 Å². The van der Waals surface area contributed by atoms with E-state index in [0.29, 0.717) is 5.41 Å². The molecule has 1 aliphatic rings. The third kappa shape index (κ3) is 2.41. The summed E-state index contributed by atoms with van der Waals surface area (Å²) >= 11 is 0. The summed E-state index contributed by atoms with van der Waals surface area (Å²) in [5, 5.41) is 0.938. The van der Waals surface area contributed by atoms with Crippen LogP contribution in [0, 0.1) is 12.3 Å². The zero-order chi connectivity index (χ0) is 15.2. The van der Waals surface area contributed by atoms with Gasteiger partial charge in [0.25, 0.3) is 5.91 Å². The second-order valence-corrected chi connectivity index (χ2v) is 6.57. The van der Waals surface area contributed by atoms with E-state index in [1.54, 1.807) is 0 Å². The topological polar surface area (TPSA) is 33.2 Å². The molecule has 21 heavy (non-hydrogen) atoms. The number of aryl methyl sites for hydroxylation is 1. The van der Waals surface area contributed by atoms with Crippen molar-refractivity contribution in [2.75, 3.05) is 7.05 Å². The Kier molecular flexibility index (Phi) is 3.23. The number of benzene rings is 1. The fraction of sp³-hybridized carbons (Fsp3) is 0.444. The second kappa shape index (κ2) is 4.83. The highest BCUT2D eigenvalue weighted by Crippen LogP contribution is 2.49. The van der Waals surface area contributed by atoms with Gasteiger partial charge in [-0.1, -0.05) is 25.1 Å². The van der Waals surface area contributed by atoms with Crippen LogP contribution in [0.1, 0.15) is 42.7 Å². The molecule has 3 rings (SSSR count). The molecule has 0 spiro atoms. The van der Waals surface area contributed by atoms with Gasteiger partial charge in [-0.3, -0.25) is 9.78 Å². The van der Waals surface area contributed by atoms with E-state index in [4.69, 9.17) is 0 Å². The summed E-state index contributed by atoms with van der Waals surface area (Å²) in [7, 11) is 1.92. The normalized spacial score (nSPS) is 17.5. The molecule has 1 unspecified atom stereocenters. The van der Waals surface area contributed by atoms with Gasteiger partial charge in [-0.2, -0.15) is 0 Å². The molecule has 1 aromatic carbocycles. The summed E-state index contributed by atoms with van der Waals surface area (Å²) in [5.41, 5.74) is 2.83. The minimum atomic E-state index is 0.0947. The van der Waals surface area contributed by atoms with Gasteiger partial charge in [0.05, 0.1) is 11.1 Å². The predicted molar refractivity (Wildman–Crippen MR) is 85.4 cm³/mol. The van der Waals surface area contributed by atoms with Gasteiger partial charge in [0.1, 0.15) is 0 Å². The smallest absolute Gasteiger partial charge is 0.254 e. The van der Waals surface area contributed by atoms with Gasteiger partial charge in [0.2, 0.25) is 0 Å². The number of hydrogen-bond acceptors (Lipinski definition) is 2. The number of fused-ring (bicyclic) bond motifs is 1. The fourth-order valence-electron chi connectivity index (χ4n) is 2.93. The molecule has 0 radical (unpaired) electrons. The molecule has 1 atom stereocenters. The van der Waals surface area contributed by atoms with E-state index < -0.39 is 0 Å². The van der Waals surface area contributed by atoms with E-state index in [2.05, 4.69) is 18.8 Å². The molecule has 3 nitrogen and oxygen atoms in total. The molecule has 1 fully saturated rings. The molecule has 0 N–H and O–H groups in total. The summed E-state index contributed by atoms with van der Waals surface area (Å²) < 4.78 is 0. The Morgan fingerprint density at radius 3 is 2.67 bits per heavy atom. The molecule has 2 aromatic rings. The van der Waals surface area contributed by atoms with E-state index >= 15 is 0 Å². The number of carbonyl (C=O) groups is 1. The van der Waals surface area contributed by atoms with Crippen LogP contribution >= 0.6 is 0 Å². The molecule has 0 bridgehead atoms. The average Bonchev–Trinajstić information content (AvgIpc) is 3.23. The molecule has 110 valence electrons. The minimum absolute atomic E-state index is 0.0947. The number of hydrogen-bond donors (Lipinski definition) is 0. The lowest BCUT2D eigenvalue weighted by Gasteiger charge is -2.30. The van der Waals surface area contributed by atoms with Gasteiger partial charge in [-0.15, -0.1) is 0 Å². The van der Waals surface area contributed by atoms with Crippen LogP contribution in [0.15, 0.2) is 30.3 Å². The number of rotatable bonds is 3. The minimum Gasteiger partial charge on any atom is -0.338 e. The van der Waals surface area contributed by atoms with E-state index in [1.165, 1.54) is 12.8 Å². The Morgan fingerprint density at radius 2 is 2.00 bits per heavy atom. The van der Waals surface area contributed by atoms with Gasteiger partial charge in [-0.25, -0.2) is 0 Å². The monoisotopic (exact) mass is 282 g/mol. The number of nitrogens with zero attached hydrogens (tertiary/aromatic N) is 2. The summed E-state index contributed by atoms with van der Waals surface area (Å²) in [6.07, 6.45) is 2.42. The number of pyridine rings is 1. The van der Waals surface area contributed by atoms with Gasteiger partial charge in [0, 0.05) is 24.2 Å². The Labute approximate surface area is 126 Å². The Hall–Kier alpha value is -1.90. The van der Waals surface area contributed by atoms with Crippen LogP contribution in [-0.2, 0) is 0 Å². The Bertz CT molecular complexity index is 703. The van der Waals surface area contributed by atoms with Crippen molar-refractivity contribution in [2.24, 2.45) is 5.41 Å². The van der Waals surface area contributed by atoms with Crippen LogP contribution in [0.3, 0.4) is 0 Å². The van der Waals surface area contributed by atoms with Crippen molar-refractivity contribution in [3.05, 3.63) is 41.6 Å². The van der Waals surface area contributed by atoms with Crippen LogP contribution < -0.4 is 0 Å². The predicted octanol–water partition coefficient (Wildman–Crippen LogP) is 3.80. The second-order valence-electron chi connectivity index (χ2n) is 6.57. The molecule has 0 aliphatic heterocycles. The maximum atomic E-state index is 12.9. The largest absolute Gasteiger partial charge is 0.338 e. The number of para-hydroxylation sites is 1. The van der Waals surface area contributed by atoms with Crippen LogP contribution in [0.5, 0.6) is 0 Å². The molecule has 1 saturated carbocycles. The van der Waals surface area contributed by atoms with E-state index in [1.807, 2.05) is 49.2 Å². The van der Waals surface area contributed by atoms with Crippen molar-refractivity contribution in [1.29, 1.82) is 0 Å². The van der Waals surface area contributed by atoms with Gasteiger partial charge >= 0.3 is 0 Å². The van der Waals surface area contributed by atoms with Crippen molar-refractivity contribution in [3.63, 3.8) is 0 Å². The Morgan fingerprint density at radius 1 is 1.33 bits per heavy atom. The highest BCUT2D eigenvalue weighted by molar-refractivity contribution is 6.06. The summed E-state index contributed by atoms with van der Waals surface area (Å²) in [4.78, 5) is 19.3. The zero-order valence-corrected chi connectivity index (χ0v) is 13.2. The third-order valence-corrected chi connectivity index (χ3v) is 5.02. The summed E-state index contributed by atoms with van der Waals surface area (Å²) in [5.74, 6) is 0.0947. The van der Waals surface area contributed by atoms with Crippen molar-refractivity contribution >= 4 is 16.8 Å². The molecule has 1 aliphatic carbocycles. The summed E-state index contributed by atoms with van der Waals surface area (Å²) in [6.45, 7) is 6.35. The fourth-order valence-corrected chi connectivity index (χ4v) is 2.93. The van der Waals surface area contributed by atoms with Crippen LogP contribution in [-0.4, -0.2) is 28.9 Å². The van der Waals surface area contributed by atoms with Gasteiger partial charge < -0.3 is 4.90 Å². The lowest BCUT2D eigenvalue weighted by atomic mass is 9.98. The first-order chi connectivity index (χ1) is 9.92. The van der Waals surface area contributed by atoms with E-state index in [-0.39, 0.29) is 11.9 Å². The molecule has 1 aromatic heterocycles. The quantitative estimate of drug-likeness (QED) is 0.857. The SMILES string of the molecule is Cc1cc(C(=O)N(C)C(C)C2(C)CC2)c2ccccc2n1. The first-order valence-electron chi connectivity index (χ1n) is 7.56. The van der Waals surface area contributed by atoms with Crippen LogP contribution in [0.25, 0.3) is 10.9 Å². The van der Waals surface area contributed by atoms with Crippen LogP contribution in [0.2, 0.25) is 0 Å². The summed E-state index contributed by atoms with van der Waals surface area (Å²) in [6, 6.07) is 10.0. The molecule has 1 amide bonds. The van der Waals surface area contributed by atoms with E-state index in [9.17, 15) is 4.79 Å². The average molecular weight is 282 g/mol. The molecule has 0 saturated heterocycles. The van der Waals surface area contributed by atoms with Gasteiger partial charge in [-0.05, 0) is 44.2 Å². The molecule has 3 heteroatoms. The lowest BCUT2D eigenvalue weighted by Crippen LogP contribution is -2.40. The Balaban J connectivity index is 2.01. The van der Waals surface area contributed by atoms with Crippen molar-refractivity contribution in [3.8, 4) is 0 Å². The first kappa shape index (κ1) is 14.1. The third-order valence-electron chi connectivity index (χ3n) is 5.02. The van der Waals surface area contributed by atoms with Crippen molar-refractivity contribution in [1.82, 2.24) is 9.88 Å².